The number of rotatable bonds is 4. The van der Waals surface area contributed by atoms with E-state index < -0.39 is 35.8 Å². The molecule has 0 aromatic carbocycles. The number of nitrogens with zero attached hydrogens (tertiary/aromatic N) is 4. The van der Waals surface area contributed by atoms with E-state index in [1.165, 1.54) is 0 Å². The molecule has 0 spiro atoms. The first-order valence-corrected chi connectivity index (χ1v) is 11.8. The van der Waals surface area contributed by atoms with E-state index in [0.717, 1.165) is 0 Å². The summed E-state index contributed by atoms with van der Waals surface area (Å²) in [5.74, 6) is -11.0. The van der Waals surface area contributed by atoms with Gasteiger partial charge in [0.15, 0.2) is 11.6 Å². The molecule has 18 heteroatoms. The minimum absolute atomic E-state index is 0.0498. The van der Waals surface area contributed by atoms with Crippen molar-refractivity contribution in [3.05, 3.63) is 120 Å². The number of hydrogen-bond donors (Lipinski definition) is 6. The maximum Gasteiger partial charge on any atom is 0.414 e. The Kier molecular flexibility index (Phi) is 18.1. The molecule has 0 aliphatic carbocycles. The predicted molar refractivity (Wildman–Crippen MR) is 150 cm³/mol. The molecule has 4 aromatic heterocycles. The Morgan fingerprint density at radius 3 is 0.630 bits per heavy atom. The average Bonchev–Trinajstić information content (AvgIpc) is 3.06. The SMILES string of the molecule is O=C(O)C(=O)O.O=C(O)C(=O)O.O=C(O)C(=O)O.O=C(c1cccnc1)c1cccnc1.O=C(c1cccnc1)c1cccnc1. The van der Waals surface area contributed by atoms with E-state index in [2.05, 4.69) is 19.9 Å². The fourth-order valence-corrected chi connectivity index (χ4v) is 2.32. The van der Waals surface area contributed by atoms with Crippen LogP contribution in [0.3, 0.4) is 0 Å². The molecule has 0 aliphatic heterocycles. The molecule has 6 N–H and O–H groups in total. The zero-order chi connectivity index (χ0) is 35.1. The van der Waals surface area contributed by atoms with Gasteiger partial charge in [0.25, 0.3) is 0 Å². The van der Waals surface area contributed by atoms with Gasteiger partial charge in [0.05, 0.1) is 0 Å². The Labute approximate surface area is 256 Å². The minimum Gasteiger partial charge on any atom is -0.473 e. The summed E-state index contributed by atoms with van der Waals surface area (Å²) in [6.45, 7) is 0. The second-order valence-corrected chi connectivity index (χ2v) is 7.46. The summed E-state index contributed by atoms with van der Waals surface area (Å²) in [6.07, 6.45) is 12.8. The van der Waals surface area contributed by atoms with Crippen LogP contribution in [0, 0.1) is 0 Å². The first-order chi connectivity index (χ1) is 21.7. The van der Waals surface area contributed by atoms with E-state index in [-0.39, 0.29) is 11.6 Å². The highest BCUT2D eigenvalue weighted by Gasteiger charge is 2.09. The van der Waals surface area contributed by atoms with Crippen LogP contribution in [-0.4, -0.2) is 98.0 Å². The van der Waals surface area contributed by atoms with Crippen molar-refractivity contribution in [2.45, 2.75) is 0 Å². The zero-order valence-corrected chi connectivity index (χ0v) is 23.0. The van der Waals surface area contributed by atoms with Crippen LogP contribution < -0.4 is 0 Å². The maximum atomic E-state index is 11.8. The van der Waals surface area contributed by atoms with Crippen LogP contribution in [0.2, 0.25) is 0 Å². The van der Waals surface area contributed by atoms with Crippen LogP contribution in [0.4, 0.5) is 0 Å². The minimum atomic E-state index is -1.82. The Morgan fingerprint density at radius 2 is 0.522 bits per heavy atom. The van der Waals surface area contributed by atoms with Crippen molar-refractivity contribution in [3.8, 4) is 0 Å². The number of carbonyl (C=O) groups is 8. The third-order valence-electron chi connectivity index (χ3n) is 4.24. The quantitative estimate of drug-likeness (QED) is 0.133. The number of aromatic nitrogens is 4. The number of carboxylic acid groups (broad SMARTS) is 6. The van der Waals surface area contributed by atoms with Gasteiger partial charge in [0.1, 0.15) is 0 Å². The monoisotopic (exact) mass is 638 g/mol. The van der Waals surface area contributed by atoms with Crippen LogP contribution in [-0.2, 0) is 28.8 Å². The zero-order valence-electron chi connectivity index (χ0n) is 23.0. The van der Waals surface area contributed by atoms with Crippen LogP contribution in [0.15, 0.2) is 98.1 Å². The Bertz CT molecular complexity index is 1360. The lowest BCUT2D eigenvalue weighted by molar-refractivity contribution is -0.159. The summed E-state index contributed by atoms with van der Waals surface area (Å²) < 4.78 is 0. The van der Waals surface area contributed by atoms with Crippen molar-refractivity contribution >= 4 is 47.4 Å². The smallest absolute Gasteiger partial charge is 0.414 e. The van der Waals surface area contributed by atoms with Gasteiger partial charge in [-0.3, -0.25) is 29.5 Å². The summed E-state index contributed by atoms with van der Waals surface area (Å²) >= 11 is 0. The normalized spacial score (nSPS) is 8.78. The molecule has 0 unspecified atom stereocenters. The number of pyridine rings is 4. The summed E-state index contributed by atoms with van der Waals surface area (Å²) in [4.78, 5) is 93.7. The molecule has 0 saturated carbocycles. The molecule has 0 aliphatic rings. The van der Waals surface area contributed by atoms with Gasteiger partial charge >= 0.3 is 35.8 Å². The van der Waals surface area contributed by atoms with Crippen molar-refractivity contribution < 1.29 is 69.0 Å². The molecule has 0 amide bonds. The molecule has 0 fully saturated rings. The third kappa shape index (κ3) is 16.9. The molecule has 0 atom stereocenters. The highest BCUT2D eigenvalue weighted by molar-refractivity contribution is 6.28. The number of carbonyl (C=O) groups excluding carboxylic acids is 2. The lowest BCUT2D eigenvalue weighted by atomic mass is 10.1. The van der Waals surface area contributed by atoms with Gasteiger partial charge < -0.3 is 30.6 Å². The van der Waals surface area contributed by atoms with Crippen molar-refractivity contribution in [3.63, 3.8) is 0 Å². The number of aliphatic carboxylic acids is 6. The summed E-state index contributed by atoms with van der Waals surface area (Å²) in [5.41, 5.74) is 2.34. The molecule has 18 nitrogen and oxygen atoms in total. The van der Waals surface area contributed by atoms with Gasteiger partial charge in [-0.15, -0.1) is 0 Å². The molecule has 238 valence electrons. The standard InChI is InChI=1S/2C11H8N2O.3C2H2O4/c2*14-11(9-3-1-5-12-7-9)10-4-2-6-13-8-10;3*3-1(4)2(5)6/h2*1-8H;3*(H,3,4)(H,5,6). The van der Waals surface area contributed by atoms with E-state index in [9.17, 15) is 9.59 Å². The molecule has 4 aromatic rings. The molecule has 0 saturated heterocycles. The van der Waals surface area contributed by atoms with Crippen molar-refractivity contribution in [2.24, 2.45) is 0 Å². The van der Waals surface area contributed by atoms with Gasteiger partial charge in [-0.05, 0) is 48.5 Å². The second kappa shape index (κ2) is 21.5. The van der Waals surface area contributed by atoms with E-state index >= 15 is 0 Å². The Hall–Kier alpha value is -7.24. The molecular weight excluding hydrogens is 616 g/mol. The summed E-state index contributed by atoms with van der Waals surface area (Å²) in [5, 5.41) is 44.3. The molecule has 0 bridgehead atoms. The Balaban J connectivity index is 0.000000591. The first kappa shape index (κ1) is 38.8. The summed E-state index contributed by atoms with van der Waals surface area (Å²) in [6, 6.07) is 13.9. The van der Waals surface area contributed by atoms with Gasteiger partial charge in [0, 0.05) is 71.8 Å². The molecule has 46 heavy (non-hydrogen) atoms. The predicted octanol–water partition coefficient (Wildman–Crippen LogP) is 0.882. The van der Waals surface area contributed by atoms with Gasteiger partial charge in [-0.25, -0.2) is 28.8 Å². The van der Waals surface area contributed by atoms with Crippen molar-refractivity contribution in [1.82, 2.24) is 19.9 Å². The van der Waals surface area contributed by atoms with E-state index in [1.54, 1.807) is 98.1 Å². The Morgan fingerprint density at radius 1 is 0.348 bits per heavy atom. The van der Waals surface area contributed by atoms with Gasteiger partial charge in [-0.2, -0.15) is 0 Å². The number of hydrogen-bond acceptors (Lipinski definition) is 12. The highest BCUT2D eigenvalue weighted by atomic mass is 16.5. The largest absolute Gasteiger partial charge is 0.473 e. The van der Waals surface area contributed by atoms with Gasteiger partial charge in [-0.1, -0.05) is 0 Å². The number of ketones is 2. The fraction of sp³-hybridized carbons (Fsp3) is 0. The molecule has 0 radical (unpaired) electrons. The lowest BCUT2D eigenvalue weighted by Gasteiger charge is -1.98. The molecule has 4 rings (SSSR count). The number of carboxylic acids is 6. The van der Waals surface area contributed by atoms with Crippen LogP contribution in [0.5, 0.6) is 0 Å². The maximum absolute atomic E-state index is 11.8. The molecular formula is C28H22N4O14. The third-order valence-corrected chi connectivity index (χ3v) is 4.24. The molecule has 4 heterocycles. The lowest BCUT2D eigenvalue weighted by Crippen LogP contribution is -2.09. The van der Waals surface area contributed by atoms with Crippen LogP contribution in [0.25, 0.3) is 0 Å². The average molecular weight is 638 g/mol. The first-order valence-electron chi connectivity index (χ1n) is 11.8. The van der Waals surface area contributed by atoms with E-state index in [1.807, 2.05) is 0 Å². The highest BCUT2D eigenvalue weighted by Crippen LogP contribution is 2.07. The van der Waals surface area contributed by atoms with E-state index in [4.69, 9.17) is 59.4 Å². The van der Waals surface area contributed by atoms with Crippen molar-refractivity contribution in [1.29, 1.82) is 0 Å². The van der Waals surface area contributed by atoms with Crippen LogP contribution >= 0.6 is 0 Å². The van der Waals surface area contributed by atoms with Crippen LogP contribution in [0.1, 0.15) is 31.8 Å². The fourth-order valence-electron chi connectivity index (χ4n) is 2.32. The van der Waals surface area contributed by atoms with E-state index in [0.29, 0.717) is 22.3 Å². The van der Waals surface area contributed by atoms with Crippen molar-refractivity contribution in [2.75, 3.05) is 0 Å². The topological polar surface area (TPSA) is 309 Å². The van der Waals surface area contributed by atoms with Gasteiger partial charge in [0.2, 0.25) is 0 Å². The summed E-state index contributed by atoms with van der Waals surface area (Å²) in [7, 11) is 0. The second-order valence-electron chi connectivity index (χ2n) is 7.46.